The van der Waals surface area contributed by atoms with E-state index in [0.29, 0.717) is 6.04 Å². The fourth-order valence-corrected chi connectivity index (χ4v) is 3.22. The van der Waals surface area contributed by atoms with Crippen LogP contribution in [0.3, 0.4) is 0 Å². The van der Waals surface area contributed by atoms with Crippen LogP contribution in [0.5, 0.6) is 0 Å². The van der Waals surface area contributed by atoms with Crippen molar-refractivity contribution in [3.63, 3.8) is 0 Å². The van der Waals surface area contributed by atoms with Crippen molar-refractivity contribution in [3.8, 4) is 0 Å². The summed E-state index contributed by atoms with van der Waals surface area (Å²) in [6.07, 6.45) is 1.17. The first-order chi connectivity index (χ1) is 7.45. The van der Waals surface area contributed by atoms with Gasteiger partial charge >= 0.3 is 0 Å². The van der Waals surface area contributed by atoms with Gasteiger partial charge in [-0.15, -0.1) is 11.3 Å². The van der Waals surface area contributed by atoms with Crippen molar-refractivity contribution in [2.75, 3.05) is 6.54 Å². The third-order valence-corrected chi connectivity index (χ3v) is 3.94. The Balaban J connectivity index is 2.03. The van der Waals surface area contributed by atoms with Gasteiger partial charge in [0.1, 0.15) is 0 Å². The Labute approximate surface area is 93.8 Å². The van der Waals surface area contributed by atoms with E-state index in [4.69, 9.17) is 0 Å². The minimum atomic E-state index is 0.412. The number of thiophene rings is 1. The van der Waals surface area contributed by atoms with Crippen LogP contribution in [0.1, 0.15) is 22.0 Å². The molecule has 15 heavy (non-hydrogen) atoms. The lowest BCUT2D eigenvalue weighted by Crippen LogP contribution is -2.29. The number of hydrogen-bond acceptors (Lipinski definition) is 2. The molecule has 1 nitrogen and oxygen atoms in total. The second-order valence-electron chi connectivity index (χ2n) is 3.86. The van der Waals surface area contributed by atoms with Crippen LogP contribution in [-0.4, -0.2) is 6.54 Å². The average molecular weight is 215 g/mol. The number of hydrogen-bond donors (Lipinski definition) is 1. The molecule has 0 fully saturated rings. The van der Waals surface area contributed by atoms with Gasteiger partial charge in [-0.1, -0.05) is 30.3 Å². The predicted molar refractivity (Wildman–Crippen MR) is 64.3 cm³/mol. The van der Waals surface area contributed by atoms with Crippen LogP contribution in [0.4, 0.5) is 0 Å². The topological polar surface area (TPSA) is 12.0 Å². The summed E-state index contributed by atoms with van der Waals surface area (Å²) < 4.78 is 0. The molecule has 0 bridgehead atoms. The largest absolute Gasteiger partial charge is 0.305 e. The molecule has 1 atom stereocenters. The maximum atomic E-state index is 3.59. The Morgan fingerprint density at radius 2 is 2.00 bits per heavy atom. The summed E-state index contributed by atoms with van der Waals surface area (Å²) in [7, 11) is 0. The summed E-state index contributed by atoms with van der Waals surface area (Å²) in [5, 5.41) is 5.79. The summed E-state index contributed by atoms with van der Waals surface area (Å²) in [6.45, 7) is 1.09. The molecule has 1 aromatic heterocycles. The molecule has 0 amide bonds. The van der Waals surface area contributed by atoms with Gasteiger partial charge in [-0.3, -0.25) is 0 Å². The molecule has 1 aromatic carbocycles. The second-order valence-corrected chi connectivity index (χ2v) is 4.81. The summed E-state index contributed by atoms with van der Waals surface area (Å²) in [6, 6.07) is 13.4. The van der Waals surface area contributed by atoms with Gasteiger partial charge in [0.05, 0.1) is 6.04 Å². The van der Waals surface area contributed by atoms with Crippen LogP contribution in [-0.2, 0) is 6.42 Å². The summed E-state index contributed by atoms with van der Waals surface area (Å²) >= 11 is 1.87. The van der Waals surface area contributed by atoms with E-state index in [1.807, 2.05) is 11.3 Å². The van der Waals surface area contributed by atoms with Crippen LogP contribution in [0.2, 0.25) is 0 Å². The Bertz CT molecular complexity index is 447. The Hall–Kier alpha value is -1.12. The molecule has 2 aromatic rings. The van der Waals surface area contributed by atoms with Gasteiger partial charge in [0.2, 0.25) is 0 Å². The highest BCUT2D eigenvalue weighted by Gasteiger charge is 2.21. The smallest absolute Gasteiger partial charge is 0.0673 e. The fourth-order valence-electron chi connectivity index (χ4n) is 2.17. The second kappa shape index (κ2) is 3.80. The molecule has 3 rings (SSSR count). The average Bonchev–Trinajstić information content (AvgIpc) is 2.78. The van der Waals surface area contributed by atoms with Crippen LogP contribution in [0.15, 0.2) is 41.8 Å². The number of rotatable bonds is 1. The van der Waals surface area contributed by atoms with Crippen molar-refractivity contribution in [1.82, 2.24) is 5.32 Å². The van der Waals surface area contributed by atoms with Gasteiger partial charge < -0.3 is 5.32 Å². The van der Waals surface area contributed by atoms with Crippen molar-refractivity contribution in [1.29, 1.82) is 0 Å². The zero-order valence-electron chi connectivity index (χ0n) is 8.44. The van der Waals surface area contributed by atoms with E-state index in [1.165, 1.54) is 22.4 Å². The van der Waals surface area contributed by atoms with E-state index in [0.717, 1.165) is 6.54 Å². The van der Waals surface area contributed by atoms with E-state index in [-0.39, 0.29) is 0 Å². The highest BCUT2D eigenvalue weighted by molar-refractivity contribution is 7.10. The van der Waals surface area contributed by atoms with Crippen LogP contribution in [0, 0.1) is 0 Å². The molecule has 1 N–H and O–H groups in total. The van der Waals surface area contributed by atoms with Crippen molar-refractivity contribution >= 4 is 11.3 Å². The van der Waals surface area contributed by atoms with Gasteiger partial charge in [-0.05, 0) is 29.0 Å². The maximum absolute atomic E-state index is 3.59. The van der Waals surface area contributed by atoms with Gasteiger partial charge in [0.25, 0.3) is 0 Å². The van der Waals surface area contributed by atoms with Crippen LogP contribution >= 0.6 is 11.3 Å². The Morgan fingerprint density at radius 1 is 1.13 bits per heavy atom. The molecule has 0 saturated carbocycles. The van der Waals surface area contributed by atoms with E-state index >= 15 is 0 Å². The van der Waals surface area contributed by atoms with Gasteiger partial charge in [-0.2, -0.15) is 0 Å². The number of benzene rings is 1. The van der Waals surface area contributed by atoms with Gasteiger partial charge in [0.15, 0.2) is 0 Å². The normalized spacial score (nSPS) is 19.9. The van der Waals surface area contributed by atoms with Crippen molar-refractivity contribution < 1.29 is 0 Å². The monoisotopic (exact) mass is 215 g/mol. The molecule has 2 heteroatoms. The first kappa shape index (κ1) is 9.13. The van der Waals surface area contributed by atoms with Crippen LogP contribution < -0.4 is 5.32 Å². The molecule has 0 unspecified atom stereocenters. The maximum Gasteiger partial charge on any atom is 0.0673 e. The Morgan fingerprint density at radius 3 is 2.87 bits per heavy atom. The number of fused-ring (bicyclic) bond motifs is 1. The summed E-state index contributed by atoms with van der Waals surface area (Å²) in [5.41, 5.74) is 2.90. The van der Waals surface area contributed by atoms with Crippen LogP contribution in [0.25, 0.3) is 0 Å². The molecule has 0 spiro atoms. The van der Waals surface area contributed by atoms with E-state index in [9.17, 15) is 0 Å². The molecular formula is C13H13NS. The molecule has 1 aliphatic heterocycles. The summed E-state index contributed by atoms with van der Waals surface area (Å²) in [4.78, 5) is 1.49. The lowest BCUT2D eigenvalue weighted by molar-refractivity contribution is 0.578. The third-order valence-electron chi connectivity index (χ3n) is 2.92. The minimum absolute atomic E-state index is 0.412. The van der Waals surface area contributed by atoms with Gasteiger partial charge in [-0.25, -0.2) is 0 Å². The molecule has 0 saturated heterocycles. The molecular weight excluding hydrogens is 202 g/mol. The van der Waals surface area contributed by atoms with Crippen molar-refractivity contribution in [2.45, 2.75) is 12.5 Å². The standard InChI is InChI=1S/C13H13NS/c1-2-4-10(5-3-1)12-13-11(6-8-14-12)7-9-15-13/h1-5,7,9,12,14H,6,8H2/t12-/m0/s1. The highest BCUT2D eigenvalue weighted by Crippen LogP contribution is 2.32. The molecule has 1 aliphatic rings. The van der Waals surface area contributed by atoms with Crippen molar-refractivity contribution in [3.05, 3.63) is 57.8 Å². The quantitative estimate of drug-likeness (QED) is 0.771. The zero-order chi connectivity index (χ0) is 10.1. The Kier molecular flexibility index (Phi) is 2.31. The predicted octanol–water partition coefficient (Wildman–Crippen LogP) is 2.98. The molecule has 0 aliphatic carbocycles. The molecule has 2 heterocycles. The van der Waals surface area contributed by atoms with E-state index in [2.05, 4.69) is 47.1 Å². The van der Waals surface area contributed by atoms with E-state index in [1.54, 1.807) is 0 Å². The minimum Gasteiger partial charge on any atom is -0.305 e. The highest BCUT2D eigenvalue weighted by atomic mass is 32.1. The van der Waals surface area contributed by atoms with E-state index < -0.39 is 0 Å². The van der Waals surface area contributed by atoms with Crippen molar-refractivity contribution in [2.24, 2.45) is 0 Å². The molecule has 76 valence electrons. The lowest BCUT2D eigenvalue weighted by Gasteiger charge is -2.24. The third kappa shape index (κ3) is 1.60. The lowest BCUT2D eigenvalue weighted by atomic mass is 9.98. The fraction of sp³-hybridized carbons (Fsp3) is 0.231. The number of nitrogens with one attached hydrogen (secondary N) is 1. The summed E-state index contributed by atoms with van der Waals surface area (Å²) in [5.74, 6) is 0. The first-order valence-corrected chi connectivity index (χ1v) is 6.18. The zero-order valence-corrected chi connectivity index (χ0v) is 9.26. The molecule has 0 radical (unpaired) electrons. The van der Waals surface area contributed by atoms with Gasteiger partial charge in [0, 0.05) is 11.4 Å². The SMILES string of the molecule is c1ccc([C@@H]2NCCc3ccsc32)cc1. The first-order valence-electron chi connectivity index (χ1n) is 5.30.